The van der Waals surface area contributed by atoms with E-state index in [1.54, 1.807) is 24.4 Å². The summed E-state index contributed by atoms with van der Waals surface area (Å²) in [4.78, 5) is 14.3. The van der Waals surface area contributed by atoms with Gasteiger partial charge in [0, 0.05) is 31.9 Å². The van der Waals surface area contributed by atoms with Gasteiger partial charge in [-0.05, 0) is 42.6 Å². The Bertz CT molecular complexity index is 846. The maximum atomic E-state index is 12.9. The third-order valence-corrected chi connectivity index (χ3v) is 7.67. The smallest absolute Gasteiger partial charge is 0.252 e. The van der Waals surface area contributed by atoms with Gasteiger partial charge in [0.2, 0.25) is 5.91 Å². The van der Waals surface area contributed by atoms with Crippen LogP contribution in [0.2, 0.25) is 0 Å². The standard InChI is InChI=1S/C17H20FN3O3S2/c1-13(17(22)19-15-6-4-14(18)5-7-15)20-8-10-21(11-9-20)26(23,24)16-3-2-12-25-16/h2-7,12-13H,8-11H2,1H3,(H,19,22)/t13-/m0/s1. The summed E-state index contributed by atoms with van der Waals surface area (Å²) >= 11 is 1.20. The predicted octanol–water partition coefficient (Wildman–Crippen LogP) is 2.22. The van der Waals surface area contributed by atoms with Crippen molar-refractivity contribution in [3.05, 3.63) is 47.6 Å². The molecule has 0 saturated carbocycles. The Morgan fingerprint density at radius 1 is 1.15 bits per heavy atom. The quantitative estimate of drug-likeness (QED) is 0.840. The van der Waals surface area contributed by atoms with Crippen LogP contribution in [-0.2, 0) is 14.8 Å². The topological polar surface area (TPSA) is 69.7 Å². The van der Waals surface area contributed by atoms with Crippen LogP contribution in [0.3, 0.4) is 0 Å². The Morgan fingerprint density at radius 2 is 1.81 bits per heavy atom. The molecule has 0 spiro atoms. The molecule has 0 bridgehead atoms. The molecule has 9 heteroatoms. The second kappa shape index (κ2) is 7.83. The molecule has 1 saturated heterocycles. The average molecular weight is 397 g/mol. The van der Waals surface area contributed by atoms with E-state index in [0.29, 0.717) is 36.1 Å². The van der Waals surface area contributed by atoms with E-state index >= 15 is 0 Å². The first-order valence-corrected chi connectivity index (χ1v) is 10.5. The number of nitrogens with zero attached hydrogens (tertiary/aromatic N) is 2. The van der Waals surface area contributed by atoms with Crippen molar-refractivity contribution in [1.82, 2.24) is 9.21 Å². The number of hydrogen-bond acceptors (Lipinski definition) is 5. The van der Waals surface area contributed by atoms with Gasteiger partial charge in [-0.15, -0.1) is 11.3 Å². The molecule has 1 fully saturated rings. The largest absolute Gasteiger partial charge is 0.325 e. The van der Waals surface area contributed by atoms with E-state index in [-0.39, 0.29) is 11.7 Å². The monoisotopic (exact) mass is 397 g/mol. The Balaban J connectivity index is 1.57. The molecule has 1 atom stereocenters. The molecular formula is C17H20FN3O3S2. The van der Waals surface area contributed by atoms with Crippen molar-refractivity contribution in [3.63, 3.8) is 0 Å². The van der Waals surface area contributed by atoms with E-state index in [1.807, 2.05) is 4.90 Å². The van der Waals surface area contributed by atoms with Crippen LogP contribution in [0.1, 0.15) is 6.92 Å². The maximum absolute atomic E-state index is 12.9. The van der Waals surface area contributed by atoms with Gasteiger partial charge in [0.15, 0.2) is 0 Å². The molecule has 0 aliphatic carbocycles. The zero-order valence-electron chi connectivity index (χ0n) is 14.3. The van der Waals surface area contributed by atoms with Crippen molar-refractivity contribution in [2.45, 2.75) is 17.2 Å². The lowest BCUT2D eigenvalue weighted by atomic mass is 10.2. The first-order valence-electron chi connectivity index (χ1n) is 8.22. The number of amides is 1. The van der Waals surface area contributed by atoms with Crippen LogP contribution in [0.5, 0.6) is 0 Å². The number of sulfonamides is 1. The molecule has 26 heavy (non-hydrogen) atoms. The molecular weight excluding hydrogens is 377 g/mol. The average Bonchev–Trinajstić information content (AvgIpc) is 3.18. The van der Waals surface area contributed by atoms with Crippen molar-refractivity contribution in [3.8, 4) is 0 Å². The minimum atomic E-state index is -3.45. The molecule has 6 nitrogen and oxygen atoms in total. The van der Waals surface area contributed by atoms with E-state index in [1.165, 1.54) is 39.9 Å². The summed E-state index contributed by atoms with van der Waals surface area (Å²) in [5.41, 5.74) is 0.530. The van der Waals surface area contributed by atoms with Gasteiger partial charge in [0.25, 0.3) is 10.0 Å². The van der Waals surface area contributed by atoms with Crippen molar-refractivity contribution >= 4 is 33.0 Å². The Hall–Kier alpha value is -1.81. The van der Waals surface area contributed by atoms with Crippen molar-refractivity contribution in [2.24, 2.45) is 0 Å². The van der Waals surface area contributed by atoms with Gasteiger partial charge in [0.05, 0.1) is 6.04 Å². The molecule has 1 aliphatic heterocycles. The second-order valence-corrected chi connectivity index (χ2v) is 9.16. The fourth-order valence-electron chi connectivity index (χ4n) is 2.81. The molecule has 0 radical (unpaired) electrons. The Morgan fingerprint density at radius 3 is 2.38 bits per heavy atom. The highest BCUT2D eigenvalue weighted by atomic mass is 32.2. The minimum absolute atomic E-state index is 0.203. The Labute approximate surface area is 156 Å². The highest BCUT2D eigenvalue weighted by Gasteiger charge is 2.32. The van der Waals surface area contributed by atoms with Gasteiger partial charge in [-0.25, -0.2) is 12.8 Å². The van der Waals surface area contributed by atoms with E-state index < -0.39 is 16.1 Å². The van der Waals surface area contributed by atoms with Crippen molar-refractivity contribution in [1.29, 1.82) is 0 Å². The lowest BCUT2D eigenvalue weighted by Crippen LogP contribution is -2.53. The summed E-state index contributed by atoms with van der Waals surface area (Å²) in [5, 5.41) is 4.49. The number of piperazine rings is 1. The Kier molecular flexibility index (Phi) is 5.71. The zero-order chi connectivity index (χ0) is 18.7. The van der Waals surface area contributed by atoms with Crippen molar-refractivity contribution in [2.75, 3.05) is 31.5 Å². The van der Waals surface area contributed by atoms with E-state index in [4.69, 9.17) is 0 Å². The first kappa shape index (κ1) is 19.0. The molecule has 2 heterocycles. The van der Waals surface area contributed by atoms with E-state index in [2.05, 4.69) is 5.32 Å². The van der Waals surface area contributed by atoms with Crippen LogP contribution in [0.15, 0.2) is 46.0 Å². The van der Waals surface area contributed by atoms with Gasteiger partial charge in [-0.1, -0.05) is 6.07 Å². The third kappa shape index (κ3) is 4.12. The van der Waals surface area contributed by atoms with Crippen LogP contribution in [0, 0.1) is 5.82 Å². The molecule has 2 aromatic rings. The molecule has 1 aliphatic rings. The van der Waals surface area contributed by atoms with Crippen LogP contribution in [0.4, 0.5) is 10.1 Å². The molecule has 140 valence electrons. The molecule has 1 aromatic carbocycles. The SMILES string of the molecule is C[C@@H](C(=O)Nc1ccc(F)cc1)N1CCN(S(=O)(=O)c2cccs2)CC1. The molecule has 1 aromatic heterocycles. The van der Waals surface area contributed by atoms with Crippen LogP contribution < -0.4 is 5.32 Å². The number of carbonyl (C=O) groups is 1. The van der Waals surface area contributed by atoms with Gasteiger partial charge < -0.3 is 5.32 Å². The van der Waals surface area contributed by atoms with Crippen LogP contribution in [0.25, 0.3) is 0 Å². The number of carbonyl (C=O) groups excluding carboxylic acids is 1. The molecule has 1 N–H and O–H groups in total. The number of anilines is 1. The third-order valence-electron chi connectivity index (χ3n) is 4.40. The lowest BCUT2D eigenvalue weighted by Gasteiger charge is -2.36. The van der Waals surface area contributed by atoms with Crippen molar-refractivity contribution < 1.29 is 17.6 Å². The summed E-state index contributed by atoms with van der Waals surface area (Å²) < 4.78 is 39.8. The predicted molar refractivity (Wildman–Crippen MR) is 99.1 cm³/mol. The summed E-state index contributed by atoms with van der Waals surface area (Å²) in [6.07, 6.45) is 0. The normalized spacial score (nSPS) is 17.8. The fraction of sp³-hybridized carbons (Fsp3) is 0.353. The second-order valence-electron chi connectivity index (χ2n) is 6.04. The zero-order valence-corrected chi connectivity index (χ0v) is 15.9. The number of rotatable bonds is 5. The first-order chi connectivity index (χ1) is 12.4. The number of thiophene rings is 1. The van der Waals surface area contributed by atoms with E-state index in [0.717, 1.165) is 0 Å². The lowest BCUT2D eigenvalue weighted by molar-refractivity contribution is -0.121. The van der Waals surface area contributed by atoms with Gasteiger partial charge in [-0.2, -0.15) is 4.31 Å². The number of benzene rings is 1. The van der Waals surface area contributed by atoms with Crippen LogP contribution >= 0.6 is 11.3 Å². The number of halogens is 1. The van der Waals surface area contributed by atoms with Gasteiger partial charge in [-0.3, -0.25) is 9.69 Å². The maximum Gasteiger partial charge on any atom is 0.252 e. The molecule has 0 unspecified atom stereocenters. The number of nitrogens with one attached hydrogen (secondary N) is 1. The number of hydrogen-bond donors (Lipinski definition) is 1. The summed E-state index contributed by atoms with van der Waals surface area (Å²) in [5.74, 6) is -0.565. The van der Waals surface area contributed by atoms with Crippen LogP contribution in [-0.4, -0.2) is 55.8 Å². The molecule has 3 rings (SSSR count). The highest BCUT2D eigenvalue weighted by molar-refractivity contribution is 7.91. The minimum Gasteiger partial charge on any atom is -0.325 e. The summed E-state index contributed by atoms with van der Waals surface area (Å²) in [7, 11) is -3.45. The fourth-order valence-corrected chi connectivity index (χ4v) is 5.38. The van der Waals surface area contributed by atoms with E-state index in [9.17, 15) is 17.6 Å². The summed E-state index contributed by atoms with van der Waals surface area (Å²) in [6, 6.07) is 8.49. The van der Waals surface area contributed by atoms with Gasteiger partial charge in [0.1, 0.15) is 10.0 Å². The molecule has 1 amide bonds. The highest BCUT2D eigenvalue weighted by Crippen LogP contribution is 2.22. The van der Waals surface area contributed by atoms with Gasteiger partial charge >= 0.3 is 0 Å². The summed E-state index contributed by atoms with van der Waals surface area (Å²) in [6.45, 7) is 3.41.